The van der Waals surface area contributed by atoms with E-state index in [-0.39, 0.29) is 24.1 Å². The number of hydrogen-bond donors (Lipinski definition) is 1. The number of amides is 1. The van der Waals surface area contributed by atoms with Crippen molar-refractivity contribution in [1.82, 2.24) is 5.32 Å². The zero-order chi connectivity index (χ0) is 18.2. The van der Waals surface area contributed by atoms with Crippen LogP contribution in [0.4, 0.5) is 8.78 Å². The first-order chi connectivity index (χ1) is 12.0. The van der Waals surface area contributed by atoms with Crippen LogP contribution in [0.2, 0.25) is 0 Å². The van der Waals surface area contributed by atoms with Crippen molar-refractivity contribution in [2.45, 2.75) is 51.3 Å². The van der Waals surface area contributed by atoms with Crippen LogP contribution in [0.3, 0.4) is 0 Å². The maximum absolute atomic E-state index is 13.3. The van der Waals surface area contributed by atoms with E-state index in [9.17, 15) is 13.6 Å². The molecule has 0 aliphatic heterocycles. The van der Waals surface area contributed by atoms with Gasteiger partial charge in [0.1, 0.15) is 17.8 Å². The molecule has 0 aromatic rings. The van der Waals surface area contributed by atoms with Crippen LogP contribution in [0.5, 0.6) is 0 Å². The maximum atomic E-state index is 13.3. The molecule has 2 aliphatic rings. The smallest absolute Gasteiger partial charge is 0.261 e. The number of rotatable bonds is 8. The van der Waals surface area contributed by atoms with Crippen molar-refractivity contribution in [3.8, 4) is 0 Å². The summed E-state index contributed by atoms with van der Waals surface area (Å²) in [6, 6.07) is 0. The molecule has 0 radical (unpaired) electrons. The number of halogens is 3. The van der Waals surface area contributed by atoms with E-state index < -0.39 is 12.3 Å². The number of nitrogens with one attached hydrogen (secondary N) is 1. The van der Waals surface area contributed by atoms with Gasteiger partial charge in [0.05, 0.1) is 5.03 Å². The van der Waals surface area contributed by atoms with Gasteiger partial charge < -0.3 is 10.1 Å². The van der Waals surface area contributed by atoms with E-state index in [1.807, 2.05) is 6.92 Å². The van der Waals surface area contributed by atoms with E-state index in [1.54, 1.807) is 6.08 Å². The lowest BCUT2D eigenvalue weighted by Gasteiger charge is -2.23. The van der Waals surface area contributed by atoms with Crippen molar-refractivity contribution < 1.29 is 18.3 Å². The molecule has 0 spiro atoms. The summed E-state index contributed by atoms with van der Waals surface area (Å²) in [7, 11) is 0. The fraction of sp³-hybridized carbons (Fsp3) is 0.526. The lowest BCUT2D eigenvalue weighted by atomic mass is 10.0. The Morgan fingerprint density at radius 3 is 2.88 bits per heavy atom. The Morgan fingerprint density at radius 1 is 1.44 bits per heavy atom. The molecule has 6 heteroatoms. The summed E-state index contributed by atoms with van der Waals surface area (Å²) in [4.78, 5) is 12.5. The SMILES string of the molecule is CCCCC(OC1=C(Cl)CC(F)C=C1)C(=O)NCC1C=CC(F)=CC1. The Morgan fingerprint density at radius 2 is 2.24 bits per heavy atom. The summed E-state index contributed by atoms with van der Waals surface area (Å²) >= 11 is 6.05. The highest BCUT2D eigenvalue weighted by Crippen LogP contribution is 2.27. The number of alkyl halides is 1. The van der Waals surface area contributed by atoms with Crippen molar-refractivity contribution in [2.24, 2.45) is 5.92 Å². The number of hydrogen-bond acceptors (Lipinski definition) is 2. The van der Waals surface area contributed by atoms with Crippen LogP contribution >= 0.6 is 11.6 Å². The fourth-order valence-corrected chi connectivity index (χ4v) is 2.90. The first-order valence-electron chi connectivity index (χ1n) is 8.68. The van der Waals surface area contributed by atoms with Gasteiger partial charge in [0.2, 0.25) is 0 Å². The maximum Gasteiger partial charge on any atom is 0.261 e. The average molecular weight is 372 g/mol. The van der Waals surface area contributed by atoms with Gasteiger partial charge in [-0.05, 0) is 49.5 Å². The predicted molar refractivity (Wildman–Crippen MR) is 95.4 cm³/mol. The molecule has 138 valence electrons. The number of carbonyl (C=O) groups is 1. The minimum Gasteiger partial charge on any atom is -0.479 e. The molecule has 0 aromatic heterocycles. The van der Waals surface area contributed by atoms with Gasteiger partial charge in [-0.2, -0.15) is 0 Å². The molecule has 0 fully saturated rings. The number of ether oxygens (including phenoxy) is 1. The summed E-state index contributed by atoms with van der Waals surface area (Å²) in [5.74, 6) is -0.0532. The van der Waals surface area contributed by atoms with Crippen LogP contribution in [0.1, 0.15) is 39.0 Å². The molecule has 0 saturated carbocycles. The molecule has 2 aliphatic carbocycles. The van der Waals surface area contributed by atoms with Gasteiger partial charge in [-0.25, -0.2) is 8.78 Å². The normalized spacial score (nSPS) is 24.1. The van der Waals surface area contributed by atoms with E-state index in [4.69, 9.17) is 16.3 Å². The molecular formula is C19H24ClF2NO2. The molecule has 0 aromatic carbocycles. The third-order valence-electron chi connectivity index (χ3n) is 4.16. The van der Waals surface area contributed by atoms with Crippen LogP contribution in [-0.2, 0) is 9.53 Å². The second-order valence-corrected chi connectivity index (χ2v) is 6.74. The number of allylic oxidation sites excluding steroid dienone is 6. The highest BCUT2D eigenvalue weighted by atomic mass is 35.5. The molecule has 0 bridgehead atoms. The predicted octanol–water partition coefficient (Wildman–Crippen LogP) is 4.86. The first kappa shape index (κ1) is 19.7. The minimum absolute atomic E-state index is 0.0694. The number of unbranched alkanes of at least 4 members (excludes halogenated alkanes) is 1. The van der Waals surface area contributed by atoms with E-state index in [0.29, 0.717) is 30.2 Å². The molecule has 1 amide bonds. The summed E-state index contributed by atoms with van der Waals surface area (Å²) in [5.41, 5.74) is 0. The van der Waals surface area contributed by atoms with Crippen LogP contribution < -0.4 is 5.32 Å². The van der Waals surface area contributed by atoms with E-state index in [2.05, 4.69) is 5.32 Å². The van der Waals surface area contributed by atoms with Crippen molar-refractivity contribution in [2.75, 3.05) is 6.54 Å². The zero-order valence-electron chi connectivity index (χ0n) is 14.3. The highest BCUT2D eigenvalue weighted by molar-refractivity contribution is 6.30. The van der Waals surface area contributed by atoms with Crippen LogP contribution in [-0.4, -0.2) is 24.7 Å². The monoisotopic (exact) mass is 371 g/mol. The molecular weight excluding hydrogens is 348 g/mol. The first-order valence-corrected chi connectivity index (χ1v) is 9.06. The summed E-state index contributed by atoms with van der Waals surface area (Å²) < 4.78 is 32.0. The third-order valence-corrected chi connectivity index (χ3v) is 4.50. The second-order valence-electron chi connectivity index (χ2n) is 6.29. The quantitative estimate of drug-likeness (QED) is 0.662. The minimum atomic E-state index is -1.12. The molecule has 0 heterocycles. The molecule has 1 N–H and O–H groups in total. The van der Waals surface area contributed by atoms with Gasteiger partial charge in [0.15, 0.2) is 6.10 Å². The lowest BCUT2D eigenvalue weighted by molar-refractivity contribution is -0.130. The van der Waals surface area contributed by atoms with Crippen LogP contribution in [0, 0.1) is 5.92 Å². The Labute approximate surface area is 152 Å². The molecule has 0 saturated heterocycles. The Hall–Kier alpha value is -1.62. The van der Waals surface area contributed by atoms with Crippen molar-refractivity contribution in [1.29, 1.82) is 0 Å². The van der Waals surface area contributed by atoms with E-state index >= 15 is 0 Å². The van der Waals surface area contributed by atoms with Crippen LogP contribution in [0.15, 0.2) is 47.0 Å². The molecule has 3 unspecified atom stereocenters. The molecule has 2 rings (SSSR count). The third kappa shape index (κ3) is 6.31. The van der Waals surface area contributed by atoms with Gasteiger partial charge in [-0.1, -0.05) is 31.0 Å². The van der Waals surface area contributed by atoms with Gasteiger partial charge >= 0.3 is 0 Å². The summed E-state index contributed by atoms with van der Waals surface area (Å²) in [5, 5.41) is 3.15. The van der Waals surface area contributed by atoms with Crippen LogP contribution in [0.25, 0.3) is 0 Å². The second kappa shape index (κ2) is 9.76. The molecule has 3 nitrogen and oxygen atoms in total. The average Bonchev–Trinajstić information content (AvgIpc) is 2.59. The van der Waals surface area contributed by atoms with E-state index in [1.165, 1.54) is 24.3 Å². The van der Waals surface area contributed by atoms with Gasteiger partial charge in [-0.15, -0.1) is 0 Å². The van der Waals surface area contributed by atoms with Crippen molar-refractivity contribution in [3.63, 3.8) is 0 Å². The molecule has 3 atom stereocenters. The molecule has 25 heavy (non-hydrogen) atoms. The summed E-state index contributed by atoms with van der Waals surface area (Å²) in [6.07, 6.45) is 8.68. The summed E-state index contributed by atoms with van der Waals surface area (Å²) in [6.45, 7) is 2.45. The Bertz CT molecular complexity index is 598. The highest BCUT2D eigenvalue weighted by Gasteiger charge is 2.24. The fourth-order valence-electron chi connectivity index (χ4n) is 2.65. The van der Waals surface area contributed by atoms with Gasteiger partial charge in [0, 0.05) is 13.0 Å². The van der Waals surface area contributed by atoms with Gasteiger partial charge in [0.25, 0.3) is 5.91 Å². The lowest BCUT2D eigenvalue weighted by Crippen LogP contribution is -2.39. The van der Waals surface area contributed by atoms with Crippen molar-refractivity contribution in [3.05, 3.63) is 47.0 Å². The zero-order valence-corrected chi connectivity index (χ0v) is 15.1. The topological polar surface area (TPSA) is 38.3 Å². The largest absolute Gasteiger partial charge is 0.479 e. The van der Waals surface area contributed by atoms with Gasteiger partial charge in [-0.3, -0.25) is 4.79 Å². The standard InChI is InChI=1S/C19H24ClF2NO2/c1-2-3-4-18(25-17-10-9-15(22)11-16(17)20)19(24)23-12-13-5-7-14(21)8-6-13/h5,7-10,13,15,18H,2-4,6,11-12H2,1H3,(H,23,24). The Balaban J connectivity index is 1.92. The van der Waals surface area contributed by atoms with E-state index in [0.717, 1.165) is 12.8 Å². The van der Waals surface area contributed by atoms with Crippen molar-refractivity contribution >= 4 is 17.5 Å². The Kier molecular flexibility index (Phi) is 7.69. The number of carbonyl (C=O) groups excluding carboxylic acids is 1.